The van der Waals surface area contributed by atoms with E-state index in [-0.39, 0.29) is 6.61 Å². The monoisotopic (exact) mass is 432 g/mol. The maximum Gasteiger partial charge on any atom is 0.213 e. The molecule has 3 heterocycles. The van der Waals surface area contributed by atoms with Crippen LogP contribution in [-0.2, 0) is 0 Å². The van der Waals surface area contributed by atoms with E-state index in [1.54, 1.807) is 18.6 Å². The lowest BCUT2D eigenvalue weighted by atomic mass is 10.0. The van der Waals surface area contributed by atoms with Crippen LogP contribution in [0.1, 0.15) is 18.4 Å². The smallest absolute Gasteiger partial charge is 0.213 e. The van der Waals surface area contributed by atoms with Crippen molar-refractivity contribution in [3.63, 3.8) is 0 Å². The molecule has 1 aliphatic carbocycles. The maximum absolute atomic E-state index is 9.93. The number of pyridine rings is 2. The van der Waals surface area contributed by atoms with Gasteiger partial charge in [0.1, 0.15) is 12.3 Å². The molecule has 0 saturated heterocycles. The minimum Gasteiger partial charge on any atom is -0.475 e. The van der Waals surface area contributed by atoms with Crippen molar-refractivity contribution in [3.05, 3.63) is 71.6 Å². The molecule has 0 radical (unpaired) electrons. The standard InChI is InChI=1S/C24H21ClN4O2/c1-15-9-21(31-14-24(30)7-8-24)26-12-18(15)17-10-19(25)22(27-11-17)23-28-13-20(29-23)16-5-3-2-4-6-16/h2-6,9-13,30H,7-8,14H2,1H3,(H,28,29). The molecule has 0 bridgehead atoms. The fraction of sp³-hybridized carbons (Fsp3) is 0.208. The largest absolute Gasteiger partial charge is 0.475 e. The summed E-state index contributed by atoms with van der Waals surface area (Å²) >= 11 is 6.56. The summed E-state index contributed by atoms with van der Waals surface area (Å²) in [5.41, 5.74) is 4.64. The van der Waals surface area contributed by atoms with Gasteiger partial charge in [-0.25, -0.2) is 9.97 Å². The summed E-state index contributed by atoms with van der Waals surface area (Å²) < 4.78 is 5.63. The first-order chi connectivity index (χ1) is 15.0. The van der Waals surface area contributed by atoms with Crippen LogP contribution in [0, 0.1) is 6.92 Å². The van der Waals surface area contributed by atoms with Crippen LogP contribution in [0.5, 0.6) is 5.88 Å². The lowest BCUT2D eigenvalue weighted by Crippen LogP contribution is -2.18. The lowest BCUT2D eigenvalue weighted by Gasteiger charge is -2.12. The van der Waals surface area contributed by atoms with Crippen molar-refractivity contribution in [1.82, 2.24) is 19.9 Å². The van der Waals surface area contributed by atoms with Gasteiger partial charge in [-0.2, -0.15) is 0 Å². The minimum absolute atomic E-state index is 0.273. The molecular weight excluding hydrogens is 412 g/mol. The summed E-state index contributed by atoms with van der Waals surface area (Å²) in [5, 5.41) is 10.4. The molecule has 6 nitrogen and oxygen atoms in total. The minimum atomic E-state index is -0.673. The van der Waals surface area contributed by atoms with E-state index < -0.39 is 5.60 Å². The predicted octanol–water partition coefficient (Wildman–Crippen LogP) is 5.07. The topological polar surface area (TPSA) is 83.9 Å². The van der Waals surface area contributed by atoms with E-state index in [0.717, 1.165) is 40.8 Å². The van der Waals surface area contributed by atoms with Crippen molar-refractivity contribution in [1.29, 1.82) is 0 Å². The number of H-pyrrole nitrogens is 1. The van der Waals surface area contributed by atoms with Gasteiger partial charge in [-0.1, -0.05) is 41.9 Å². The van der Waals surface area contributed by atoms with E-state index in [1.807, 2.05) is 49.4 Å². The van der Waals surface area contributed by atoms with Gasteiger partial charge < -0.3 is 14.8 Å². The Bertz CT molecular complexity index is 1240. The second-order valence-electron chi connectivity index (χ2n) is 7.92. The molecule has 7 heteroatoms. The molecule has 156 valence electrons. The molecule has 0 amide bonds. The Kier molecular flexibility index (Phi) is 4.96. The van der Waals surface area contributed by atoms with E-state index in [2.05, 4.69) is 19.9 Å². The summed E-state index contributed by atoms with van der Waals surface area (Å²) in [6, 6.07) is 13.7. The number of ether oxygens (including phenoxy) is 1. The average molecular weight is 433 g/mol. The number of halogens is 1. The SMILES string of the molecule is Cc1cc(OCC2(O)CC2)ncc1-c1cnc(-c2ncc(-c3ccccc3)[nH]2)c(Cl)c1. The number of hydrogen-bond acceptors (Lipinski definition) is 5. The second kappa shape index (κ2) is 7.80. The Balaban J connectivity index is 1.38. The van der Waals surface area contributed by atoms with E-state index in [4.69, 9.17) is 16.3 Å². The third kappa shape index (κ3) is 4.17. The van der Waals surface area contributed by atoms with Gasteiger partial charge >= 0.3 is 0 Å². The van der Waals surface area contributed by atoms with E-state index in [9.17, 15) is 5.11 Å². The van der Waals surface area contributed by atoms with Gasteiger partial charge in [0.05, 0.1) is 22.5 Å². The Hall–Kier alpha value is -3.22. The van der Waals surface area contributed by atoms with Crippen LogP contribution in [0.4, 0.5) is 0 Å². The second-order valence-corrected chi connectivity index (χ2v) is 8.32. The van der Waals surface area contributed by atoms with Crippen LogP contribution < -0.4 is 4.74 Å². The van der Waals surface area contributed by atoms with Crippen LogP contribution in [0.3, 0.4) is 0 Å². The van der Waals surface area contributed by atoms with Crippen LogP contribution in [0.15, 0.2) is 61.1 Å². The number of aromatic amines is 1. The summed E-state index contributed by atoms with van der Waals surface area (Å²) in [7, 11) is 0. The number of rotatable bonds is 6. The van der Waals surface area contributed by atoms with Crippen LogP contribution >= 0.6 is 11.6 Å². The zero-order valence-electron chi connectivity index (χ0n) is 17.0. The van der Waals surface area contributed by atoms with Gasteiger partial charge in [0.15, 0.2) is 5.82 Å². The van der Waals surface area contributed by atoms with Crippen LogP contribution in [0.2, 0.25) is 5.02 Å². The number of nitrogens with zero attached hydrogens (tertiary/aromatic N) is 3. The summed E-state index contributed by atoms with van der Waals surface area (Å²) in [6.07, 6.45) is 6.85. The zero-order chi connectivity index (χ0) is 21.4. The molecule has 1 aliphatic rings. The number of hydrogen-bond donors (Lipinski definition) is 2. The summed E-state index contributed by atoms with van der Waals surface area (Å²) in [5.74, 6) is 1.12. The first kappa shape index (κ1) is 19.7. The Labute approximate surface area is 185 Å². The van der Waals surface area contributed by atoms with Crippen molar-refractivity contribution >= 4 is 11.6 Å². The molecular formula is C24H21ClN4O2. The Morgan fingerprint density at radius 3 is 2.55 bits per heavy atom. The van der Waals surface area contributed by atoms with E-state index in [1.165, 1.54) is 0 Å². The van der Waals surface area contributed by atoms with Crippen molar-refractivity contribution < 1.29 is 9.84 Å². The summed E-state index contributed by atoms with van der Waals surface area (Å²) in [6.45, 7) is 2.26. The number of imidazole rings is 1. The van der Waals surface area contributed by atoms with Crippen LogP contribution in [0.25, 0.3) is 33.9 Å². The number of aryl methyl sites for hydroxylation is 1. The quantitative estimate of drug-likeness (QED) is 0.444. The highest BCUT2D eigenvalue weighted by Crippen LogP contribution is 2.36. The van der Waals surface area contributed by atoms with Gasteiger partial charge in [0.2, 0.25) is 5.88 Å². The van der Waals surface area contributed by atoms with Gasteiger partial charge in [0.25, 0.3) is 0 Å². The normalized spacial score (nSPS) is 14.4. The highest BCUT2D eigenvalue weighted by molar-refractivity contribution is 6.33. The highest BCUT2D eigenvalue weighted by Gasteiger charge is 2.41. The molecule has 0 spiro atoms. The molecule has 4 aromatic rings. The molecule has 1 saturated carbocycles. The van der Waals surface area contributed by atoms with Gasteiger partial charge in [-0.05, 0) is 37.0 Å². The summed E-state index contributed by atoms with van der Waals surface area (Å²) in [4.78, 5) is 16.7. The molecule has 0 atom stereocenters. The van der Waals surface area contributed by atoms with Crippen LogP contribution in [-0.4, -0.2) is 37.3 Å². The van der Waals surface area contributed by atoms with Crippen molar-refractivity contribution in [2.45, 2.75) is 25.4 Å². The van der Waals surface area contributed by atoms with Gasteiger partial charge in [-0.3, -0.25) is 4.98 Å². The molecule has 31 heavy (non-hydrogen) atoms. The van der Waals surface area contributed by atoms with Crippen molar-refractivity contribution in [2.24, 2.45) is 0 Å². The maximum atomic E-state index is 9.93. The lowest BCUT2D eigenvalue weighted by molar-refractivity contribution is 0.0833. The number of benzene rings is 1. The third-order valence-electron chi connectivity index (χ3n) is 5.44. The molecule has 2 N–H and O–H groups in total. The molecule has 0 aliphatic heterocycles. The number of aromatic nitrogens is 4. The fourth-order valence-electron chi connectivity index (χ4n) is 3.37. The first-order valence-corrected chi connectivity index (χ1v) is 10.5. The molecule has 3 aromatic heterocycles. The predicted molar refractivity (Wildman–Crippen MR) is 120 cm³/mol. The molecule has 5 rings (SSSR count). The van der Waals surface area contributed by atoms with Crippen molar-refractivity contribution in [3.8, 4) is 39.8 Å². The fourth-order valence-corrected chi connectivity index (χ4v) is 3.63. The third-order valence-corrected chi connectivity index (χ3v) is 5.73. The number of nitrogens with one attached hydrogen (secondary N) is 1. The Morgan fingerprint density at radius 2 is 1.84 bits per heavy atom. The number of aliphatic hydroxyl groups is 1. The molecule has 0 unspecified atom stereocenters. The van der Waals surface area contributed by atoms with E-state index >= 15 is 0 Å². The van der Waals surface area contributed by atoms with Gasteiger partial charge in [-0.15, -0.1) is 0 Å². The molecule has 1 aromatic carbocycles. The highest BCUT2D eigenvalue weighted by atomic mass is 35.5. The Morgan fingerprint density at radius 1 is 1.03 bits per heavy atom. The van der Waals surface area contributed by atoms with E-state index in [0.29, 0.717) is 22.4 Å². The van der Waals surface area contributed by atoms with Gasteiger partial charge in [0, 0.05) is 29.6 Å². The first-order valence-electron chi connectivity index (χ1n) is 10.1. The average Bonchev–Trinajstić information content (AvgIpc) is 3.32. The zero-order valence-corrected chi connectivity index (χ0v) is 17.7. The molecule has 1 fully saturated rings. The van der Waals surface area contributed by atoms with Crippen molar-refractivity contribution in [2.75, 3.05) is 6.61 Å².